The molecule has 0 bridgehead atoms. The van der Waals surface area contributed by atoms with Gasteiger partial charge >= 0.3 is 12.3 Å². The first kappa shape index (κ1) is 14.9. The number of halogens is 3. The van der Waals surface area contributed by atoms with E-state index >= 15 is 0 Å². The predicted octanol–water partition coefficient (Wildman–Crippen LogP) is 2.26. The van der Waals surface area contributed by atoms with E-state index in [-0.39, 0.29) is 11.3 Å². The number of likely N-dealkylation sites (tertiary alicyclic amines) is 1. The summed E-state index contributed by atoms with van der Waals surface area (Å²) in [5.41, 5.74) is -1.56. The van der Waals surface area contributed by atoms with Gasteiger partial charge in [-0.15, -0.1) is 0 Å². The van der Waals surface area contributed by atoms with Gasteiger partial charge in [0, 0.05) is 37.3 Å². The Balaban J connectivity index is 1.58. The van der Waals surface area contributed by atoms with E-state index in [1.54, 1.807) is 0 Å². The molecule has 1 N–H and O–H groups in total. The molecule has 0 radical (unpaired) electrons. The quantitative estimate of drug-likeness (QED) is 0.910. The molecule has 3 rings (SSSR count). The van der Waals surface area contributed by atoms with Crippen LogP contribution in [0.5, 0.6) is 0 Å². The molecule has 0 unspecified atom stereocenters. The van der Waals surface area contributed by atoms with Crippen molar-refractivity contribution >= 4 is 6.09 Å². The minimum atomic E-state index is -4.51. The number of hydrogen-bond donors (Lipinski definition) is 1. The van der Waals surface area contributed by atoms with Gasteiger partial charge in [-0.3, -0.25) is 4.79 Å². The number of carboxylic acid groups (broad SMARTS) is 1. The lowest BCUT2D eigenvalue weighted by Crippen LogP contribution is -2.63. The average Bonchev–Trinajstić information content (AvgIpc) is 2.30. The molecule has 0 aromatic carbocycles. The zero-order valence-electron chi connectivity index (χ0n) is 11.6. The maximum Gasteiger partial charge on any atom is 0.416 e. The number of aromatic nitrogens is 1. The molecule has 22 heavy (non-hydrogen) atoms. The average molecular weight is 316 g/mol. The van der Waals surface area contributed by atoms with Crippen molar-refractivity contribution in [2.75, 3.05) is 13.1 Å². The van der Waals surface area contributed by atoms with Crippen LogP contribution in [0.15, 0.2) is 23.1 Å². The lowest BCUT2D eigenvalue weighted by Gasteiger charge is -2.58. The standard InChI is InChI=1S/C14H15F3N2O3/c15-14(16,17)10-1-2-18(11(20)3-10)6-9-4-13(5-9)7-19(8-13)12(21)22/h1-3,9H,4-8H2,(H,21,22). The van der Waals surface area contributed by atoms with Crippen molar-refractivity contribution in [1.82, 2.24) is 9.47 Å². The molecular weight excluding hydrogens is 301 g/mol. The zero-order valence-corrected chi connectivity index (χ0v) is 11.6. The van der Waals surface area contributed by atoms with Crippen LogP contribution in [0.4, 0.5) is 18.0 Å². The lowest BCUT2D eigenvalue weighted by molar-refractivity contribution is -0.137. The number of amides is 1. The first-order valence-electron chi connectivity index (χ1n) is 6.94. The monoisotopic (exact) mass is 316 g/mol. The Bertz CT molecular complexity index is 654. The fourth-order valence-electron chi connectivity index (χ4n) is 3.56. The number of nitrogens with zero attached hydrogens (tertiary/aromatic N) is 2. The number of rotatable bonds is 2. The van der Waals surface area contributed by atoms with Crippen molar-refractivity contribution in [1.29, 1.82) is 0 Å². The highest BCUT2D eigenvalue weighted by Gasteiger charge is 2.53. The third-order valence-electron chi connectivity index (χ3n) is 4.54. The second kappa shape index (κ2) is 4.76. The summed E-state index contributed by atoms with van der Waals surface area (Å²) in [6, 6.07) is 1.52. The molecule has 1 spiro atoms. The van der Waals surface area contributed by atoms with Crippen molar-refractivity contribution in [2.24, 2.45) is 11.3 Å². The van der Waals surface area contributed by atoms with Gasteiger partial charge in [0.05, 0.1) is 5.56 Å². The summed E-state index contributed by atoms with van der Waals surface area (Å²) in [6.07, 6.45) is -2.63. The SMILES string of the molecule is O=C(O)N1CC2(CC(Cn3ccc(C(F)(F)F)cc3=O)C2)C1. The molecular formula is C14H15F3N2O3. The van der Waals surface area contributed by atoms with Crippen molar-refractivity contribution in [3.05, 3.63) is 34.2 Å². The van der Waals surface area contributed by atoms with E-state index in [1.165, 1.54) is 15.7 Å². The van der Waals surface area contributed by atoms with Gasteiger partial charge in [-0.2, -0.15) is 13.2 Å². The smallest absolute Gasteiger partial charge is 0.416 e. The maximum absolute atomic E-state index is 12.5. The fourth-order valence-corrected chi connectivity index (χ4v) is 3.56. The Morgan fingerprint density at radius 2 is 2.00 bits per heavy atom. The van der Waals surface area contributed by atoms with E-state index in [1.807, 2.05) is 0 Å². The van der Waals surface area contributed by atoms with E-state index in [0.717, 1.165) is 18.9 Å². The molecule has 1 amide bonds. The van der Waals surface area contributed by atoms with Crippen molar-refractivity contribution in [2.45, 2.75) is 25.6 Å². The van der Waals surface area contributed by atoms with E-state index in [9.17, 15) is 22.8 Å². The van der Waals surface area contributed by atoms with Crippen LogP contribution >= 0.6 is 0 Å². The molecule has 120 valence electrons. The molecule has 1 saturated heterocycles. The Kier molecular flexibility index (Phi) is 3.23. The number of carbonyl (C=O) groups is 1. The van der Waals surface area contributed by atoms with E-state index in [4.69, 9.17) is 5.11 Å². The molecule has 2 heterocycles. The number of alkyl halides is 3. The molecule has 2 aliphatic rings. The van der Waals surface area contributed by atoms with Gasteiger partial charge < -0.3 is 14.6 Å². The summed E-state index contributed by atoms with van der Waals surface area (Å²) in [4.78, 5) is 23.8. The molecule has 1 aliphatic heterocycles. The summed E-state index contributed by atoms with van der Waals surface area (Å²) in [7, 11) is 0. The van der Waals surface area contributed by atoms with E-state index < -0.39 is 23.4 Å². The summed E-state index contributed by atoms with van der Waals surface area (Å²) >= 11 is 0. The maximum atomic E-state index is 12.5. The van der Waals surface area contributed by atoms with Crippen LogP contribution in [0.2, 0.25) is 0 Å². The normalized spacial score (nSPS) is 20.6. The Labute approximate surface area is 124 Å². The molecule has 2 fully saturated rings. The van der Waals surface area contributed by atoms with Crippen LogP contribution in [0, 0.1) is 11.3 Å². The van der Waals surface area contributed by atoms with E-state index in [2.05, 4.69) is 0 Å². The summed E-state index contributed by atoms with van der Waals surface area (Å²) in [5, 5.41) is 8.80. The van der Waals surface area contributed by atoms with Gasteiger partial charge in [0.2, 0.25) is 0 Å². The number of pyridine rings is 1. The van der Waals surface area contributed by atoms with Crippen molar-refractivity contribution in [3.63, 3.8) is 0 Å². The van der Waals surface area contributed by atoms with Crippen LogP contribution in [0.1, 0.15) is 18.4 Å². The van der Waals surface area contributed by atoms with Gasteiger partial charge in [0.1, 0.15) is 0 Å². The summed E-state index contributed by atoms with van der Waals surface area (Å²) in [5.74, 6) is 0.213. The highest BCUT2D eigenvalue weighted by atomic mass is 19.4. The van der Waals surface area contributed by atoms with Gasteiger partial charge in [-0.1, -0.05) is 0 Å². The Morgan fingerprint density at radius 1 is 1.36 bits per heavy atom. The topological polar surface area (TPSA) is 62.5 Å². The summed E-state index contributed by atoms with van der Waals surface area (Å²) in [6.45, 7) is 1.41. The molecule has 5 nitrogen and oxygen atoms in total. The van der Waals surface area contributed by atoms with Crippen molar-refractivity contribution in [3.8, 4) is 0 Å². The van der Waals surface area contributed by atoms with Gasteiger partial charge in [0.25, 0.3) is 5.56 Å². The first-order valence-corrected chi connectivity index (χ1v) is 6.94. The largest absolute Gasteiger partial charge is 0.465 e. The van der Waals surface area contributed by atoms with Gasteiger partial charge in [-0.05, 0) is 24.8 Å². The first-order chi connectivity index (χ1) is 10.2. The Hall–Kier alpha value is -1.99. The number of hydrogen-bond acceptors (Lipinski definition) is 2. The van der Waals surface area contributed by atoms with Crippen LogP contribution < -0.4 is 5.56 Å². The second-order valence-corrected chi connectivity index (χ2v) is 6.32. The van der Waals surface area contributed by atoms with Gasteiger partial charge in [-0.25, -0.2) is 4.79 Å². The lowest BCUT2D eigenvalue weighted by atomic mass is 9.58. The van der Waals surface area contributed by atoms with Crippen LogP contribution in [0.3, 0.4) is 0 Å². The third kappa shape index (κ3) is 2.57. The predicted molar refractivity (Wildman–Crippen MR) is 70.5 cm³/mol. The molecule has 1 aliphatic carbocycles. The zero-order chi connectivity index (χ0) is 16.1. The second-order valence-electron chi connectivity index (χ2n) is 6.32. The molecule has 8 heteroatoms. The van der Waals surface area contributed by atoms with Crippen LogP contribution in [-0.2, 0) is 12.7 Å². The Morgan fingerprint density at radius 3 is 2.50 bits per heavy atom. The molecule has 1 aromatic rings. The highest BCUT2D eigenvalue weighted by molar-refractivity contribution is 5.66. The van der Waals surface area contributed by atoms with E-state index in [0.29, 0.717) is 25.7 Å². The molecule has 0 atom stereocenters. The minimum Gasteiger partial charge on any atom is -0.465 e. The minimum absolute atomic E-state index is 0.0264. The van der Waals surface area contributed by atoms with Crippen molar-refractivity contribution < 1.29 is 23.1 Å². The molecule has 1 saturated carbocycles. The fraction of sp³-hybridized carbons (Fsp3) is 0.571. The third-order valence-corrected chi connectivity index (χ3v) is 4.54. The van der Waals surface area contributed by atoms with Gasteiger partial charge in [0.15, 0.2) is 0 Å². The molecule has 1 aromatic heterocycles. The highest BCUT2D eigenvalue weighted by Crippen LogP contribution is 2.52. The van der Waals surface area contributed by atoms with Crippen LogP contribution in [0.25, 0.3) is 0 Å². The summed E-state index contributed by atoms with van der Waals surface area (Å²) < 4.78 is 38.8. The van der Waals surface area contributed by atoms with Crippen LogP contribution in [-0.4, -0.2) is 33.8 Å².